The first-order valence-corrected chi connectivity index (χ1v) is 6.07. The first kappa shape index (κ1) is 12.5. The van der Waals surface area contributed by atoms with Crippen molar-refractivity contribution >= 4 is 11.6 Å². The fourth-order valence-electron chi connectivity index (χ4n) is 1.55. The molecule has 0 fully saturated rings. The van der Waals surface area contributed by atoms with Crippen molar-refractivity contribution in [2.24, 2.45) is 0 Å². The summed E-state index contributed by atoms with van der Waals surface area (Å²) < 4.78 is 0. The van der Waals surface area contributed by atoms with Gasteiger partial charge >= 0.3 is 0 Å². The third-order valence-corrected chi connectivity index (χ3v) is 2.93. The van der Waals surface area contributed by atoms with E-state index in [2.05, 4.69) is 24.4 Å². The zero-order valence-electron chi connectivity index (χ0n) is 9.65. The summed E-state index contributed by atoms with van der Waals surface area (Å²) in [5.41, 5.74) is 2.47. The van der Waals surface area contributed by atoms with Gasteiger partial charge in [-0.2, -0.15) is 0 Å². The van der Waals surface area contributed by atoms with Gasteiger partial charge in [0.05, 0.1) is 0 Å². The molecule has 15 heavy (non-hydrogen) atoms. The third-order valence-electron chi connectivity index (χ3n) is 2.51. The molecular formula is C13H20ClN. The van der Waals surface area contributed by atoms with Crippen LogP contribution in [0.25, 0.3) is 0 Å². The second-order valence-electron chi connectivity index (χ2n) is 3.97. The van der Waals surface area contributed by atoms with Gasteiger partial charge in [0.25, 0.3) is 0 Å². The van der Waals surface area contributed by atoms with Gasteiger partial charge in [-0.05, 0) is 37.1 Å². The molecule has 0 aliphatic carbocycles. The Labute approximate surface area is 97.8 Å². The van der Waals surface area contributed by atoms with Gasteiger partial charge in [-0.1, -0.05) is 43.5 Å². The van der Waals surface area contributed by atoms with Crippen molar-refractivity contribution in [1.29, 1.82) is 0 Å². The van der Waals surface area contributed by atoms with Gasteiger partial charge in [-0.15, -0.1) is 0 Å². The largest absolute Gasteiger partial charge is 0.313 e. The first-order valence-electron chi connectivity index (χ1n) is 5.69. The molecule has 0 radical (unpaired) electrons. The number of benzene rings is 1. The van der Waals surface area contributed by atoms with Crippen LogP contribution in [-0.2, 0) is 6.54 Å². The van der Waals surface area contributed by atoms with Crippen molar-refractivity contribution in [1.82, 2.24) is 5.32 Å². The molecule has 1 nitrogen and oxygen atoms in total. The summed E-state index contributed by atoms with van der Waals surface area (Å²) in [6.07, 6.45) is 3.86. The van der Waals surface area contributed by atoms with Crippen LogP contribution in [0.1, 0.15) is 37.3 Å². The molecule has 0 heterocycles. The van der Waals surface area contributed by atoms with Crippen LogP contribution in [-0.4, -0.2) is 6.54 Å². The van der Waals surface area contributed by atoms with Crippen LogP contribution in [0.15, 0.2) is 18.2 Å². The monoisotopic (exact) mass is 225 g/mol. The Morgan fingerprint density at radius 1 is 1.27 bits per heavy atom. The highest BCUT2D eigenvalue weighted by Gasteiger charge is 1.97. The van der Waals surface area contributed by atoms with E-state index in [-0.39, 0.29) is 0 Å². The second kappa shape index (κ2) is 6.86. The van der Waals surface area contributed by atoms with E-state index in [1.54, 1.807) is 0 Å². The van der Waals surface area contributed by atoms with Gasteiger partial charge in [-0.25, -0.2) is 0 Å². The molecule has 84 valence electrons. The fraction of sp³-hybridized carbons (Fsp3) is 0.538. The first-order chi connectivity index (χ1) is 7.24. The summed E-state index contributed by atoms with van der Waals surface area (Å²) in [7, 11) is 0. The molecule has 0 unspecified atom stereocenters. The molecule has 1 rings (SSSR count). The lowest BCUT2D eigenvalue weighted by atomic mass is 10.1. The fourth-order valence-corrected chi connectivity index (χ4v) is 1.67. The van der Waals surface area contributed by atoms with Gasteiger partial charge in [0, 0.05) is 11.6 Å². The lowest BCUT2D eigenvalue weighted by molar-refractivity contribution is 0.616. The minimum absolute atomic E-state index is 0.852. The summed E-state index contributed by atoms with van der Waals surface area (Å²) in [6, 6.07) is 6.21. The highest BCUT2D eigenvalue weighted by atomic mass is 35.5. The number of hydrogen-bond acceptors (Lipinski definition) is 1. The quantitative estimate of drug-likeness (QED) is 0.724. The van der Waals surface area contributed by atoms with Gasteiger partial charge in [0.1, 0.15) is 0 Å². The zero-order valence-corrected chi connectivity index (χ0v) is 10.4. The van der Waals surface area contributed by atoms with Crippen LogP contribution in [0.3, 0.4) is 0 Å². The maximum absolute atomic E-state index is 5.96. The van der Waals surface area contributed by atoms with E-state index in [4.69, 9.17) is 11.6 Å². The molecule has 0 atom stereocenters. The Morgan fingerprint density at radius 3 is 2.73 bits per heavy atom. The molecule has 0 saturated carbocycles. The van der Waals surface area contributed by atoms with Crippen LogP contribution < -0.4 is 5.32 Å². The number of aryl methyl sites for hydroxylation is 1. The predicted octanol–water partition coefficient (Wildman–Crippen LogP) is 3.93. The number of halogens is 1. The minimum Gasteiger partial charge on any atom is -0.313 e. The predicted molar refractivity (Wildman–Crippen MR) is 67.4 cm³/mol. The standard InChI is InChI=1S/C13H20ClN/c1-3-4-5-8-15-10-12-6-7-13(14)11(2)9-12/h6-7,9,15H,3-5,8,10H2,1-2H3. The molecule has 1 aromatic carbocycles. The summed E-state index contributed by atoms with van der Waals surface area (Å²) in [4.78, 5) is 0. The Bertz CT molecular complexity index is 297. The lowest BCUT2D eigenvalue weighted by Gasteiger charge is -2.06. The maximum atomic E-state index is 5.96. The summed E-state index contributed by atoms with van der Waals surface area (Å²) >= 11 is 5.96. The van der Waals surface area contributed by atoms with Crippen LogP contribution in [0, 0.1) is 6.92 Å². The van der Waals surface area contributed by atoms with E-state index in [9.17, 15) is 0 Å². The highest BCUT2D eigenvalue weighted by molar-refractivity contribution is 6.31. The molecule has 2 heteroatoms. The topological polar surface area (TPSA) is 12.0 Å². The molecule has 0 aliphatic heterocycles. The molecule has 0 aromatic heterocycles. The smallest absolute Gasteiger partial charge is 0.0435 e. The van der Waals surface area contributed by atoms with E-state index in [0.717, 1.165) is 23.7 Å². The van der Waals surface area contributed by atoms with Gasteiger partial charge in [0.15, 0.2) is 0 Å². The van der Waals surface area contributed by atoms with Crippen LogP contribution in [0.5, 0.6) is 0 Å². The van der Waals surface area contributed by atoms with Gasteiger partial charge in [0.2, 0.25) is 0 Å². The number of unbranched alkanes of at least 4 members (excludes halogenated alkanes) is 2. The lowest BCUT2D eigenvalue weighted by Crippen LogP contribution is -2.14. The van der Waals surface area contributed by atoms with Crippen LogP contribution in [0.2, 0.25) is 5.02 Å². The Balaban J connectivity index is 2.28. The molecule has 0 saturated heterocycles. The molecule has 0 aliphatic rings. The molecule has 1 N–H and O–H groups in total. The third kappa shape index (κ3) is 4.67. The van der Waals surface area contributed by atoms with Crippen LogP contribution >= 0.6 is 11.6 Å². The SMILES string of the molecule is CCCCCNCc1ccc(Cl)c(C)c1. The van der Waals surface area contributed by atoms with Gasteiger partial charge < -0.3 is 5.32 Å². The Hall–Kier alpha value is -0.530. The maximum Gasteiger partial charge on any atom is 0.0435 e. The summed E-state index contributed by atoms with van der Waals surface area (Å²) in [5.74, 6) is 0. The van der Waals surface area contributed by atoms with E-state index < -0.39 is 0 Å². The van der Waals surface area contributed by atoms with Crippen LogP contribution in [0.4, 0.5) is 0 Å². The molecule has 0 bridgehead atoms. The second-order valence-corrected chi connectivity index (χ2v) is 4.37. The highest BCUT2D eigenvalue weighted by Crippen LogP contribution is 2.15. The van der Waals surface area contributed by atoms with E-state index in [1.807, 2.05) is 13.0 Å². The molecule has 1 aromatic rings. The van der Waals surface area contributed by atoms with E-state index >= 15 is 0 Å². The number of hydrogen-bond donors (Lipinski definition) is 1. The number of rotatable bonds is 6. The van der Waals surface area contributed by atoms with Crippen molar-refractivity contribution < 1.29 is 0 Å². The Morgan fingerprint density at radius 2 is 2.07 bits per heavy atom. The molecule has 0 amide bonds. The van der Waals surface area contributed by atoms with Crippen molar-refractivity contribution in [2.45, 2.75) is 39.7 Å². The summed E-state index contributed by atoms with van der Waals surface area (Å²) in [5, 5.41) is 4.29. The molecular weight excluding hydrogens is 206 g/mol. The number of nitrogens with one attached hydrogen (secondary N) is 1. The van der Waals surface area contributed by atoms with Gasteiger partial charge in [-0.3, -0.25) is 0 Å². The zero-order chi connectivity index (χ0) is 11.1. The van der Waals surface area contributed by atoms with Crippen molar-refractivity contribution in [3.63, 3.8) is 0 Å². The van der Waals surface area contributed by atoms with Crippen molar-refractivity contribution in [3.05, 3.63) is 34.3 Å². The van der Waals surface area contributed by atoms with E-state index in [0.29, 0.717) is 0 Å². The minimum atomic E-state index is 0.852. The molecule has 0 spiro atoms. The Kier molecular flexibility index (Phi) is 5.74. The average molecular weight is 226 g/mol. The normalized spacial score (nSPS) is 10.6. The summed E-state index contributed by atoms with van der Waals surface area (Å²) in [6.45, 7) is 6.32. The van der Waals surface area contributed by atoms with E-state index in [1.165, 1.54) is 24.8 Å². The van der Waals surface area contributed by atoms with Crippen molar-refractivity contribution in [2.75, 3.05) is 6.54 Å². The van der Waals surface area contributed by atoms with Crippen molar-refractivity contribution in [3.8, 4) is 0 Å². The average Bonchev–Trinajstić information content (AvgIpc) is 2.23.